The maximum Gasteiger partial charge on any atom is 0.299 e. The fourth-order valence-electron chi connectivity index (χ4n) is 1.64. The standard InChI is InChI=1S/C6H10ClNO4S/c7-13(9,10)8-2-1-6(5-8)11-3-4-12-6/h1-5H2. The summed E-state index contributed by atoms with van der Waals surface area (Å²) in [6.45, 7) is 1.62. The summed E-state index contributed by atoms with van der Waals surface area (Å²) >= 11 is 0. The van der Waals surface area contributed by atoms with Crippen LogP contribution >= 0.6 is 10.7 Å². The quantitative estimate of drug-likeness (QED) is 0.588. The van der Waals surface area contributed by atoms with Gasteiger partial charge in [0.05, 0.1) is 19.8 Å². The van der Waals surface area contributed by atoms with Gasteiger partial charge in [-0.15, -0.1) is 0 Å². The van der Waals surface area contributed by atoms with E-state index >= 15 is 0 Å². The number of nitrogens with zero attached hydrogens (tertiary/aromatic N) is 1. The largest absolute Gasteiger partial charge is 0.346 e. The summed E-state index contributed by atoms with van der Waals surface area (Å²) in [5.74, 6) is -0.720. The molecular weight excluding hydrogens is 218 g/mol. The second-order valence-corrected chi connectivity index (χ2v) is 5.64. The van der Waals surface area contributed by atoms with Crippen molar-refractivity contribution in [3.8, 4) is 0 Å². The third kappa shape index (κ3) is 1.82. The van der Waals surface area contributed by atoms with E-state index in [0.29, 0.717) is 26.2 Å². The van der Waals surface area contributed by atoms with Gasteiger partial charge in [-0.25, -0.2) is 0 Å². The lowest BCUT2D eigenvalue weighted by Gasteiger charge is -2.20. The third-order valence-electron chi connectivity index (χ3n) is 2.28. The van der Waals surface area contributed by atoms with E-state index in [0.717, 1.165) is 0 Å². The summed E-state index contributed by atoms with van der Waals surface area (Å²) in [7, 11) is 1.57. The minimum absolute atomic E-state index is 0.207. The van der Waals surface area contributed by atoms with Crippen molar-refractivity contribution >= 4 is 19.9 Å². The Balaban J connectivity index is 2.09. The summed E-state index contributed by atoms with van der Waals surface area (Å²) in [6, 6.07) is 0. The van der Waals surface area contributed by atoms with E-state index < -0.39 is 15.0 Å². The molecule has 2 rings (SSSR count). The van der Waals surface area contributed by atoms with Gasteiger partial charge in [0, 0.05) is 23.6 Å². The van der Waals surface area contributed by atoms with Gasteiger partial charge in [-0.05, 0) is 0 Å². The Labute approximate surface area is 81.1 Å². The normalized spacial score (nSPS) is 28.7. The number of halogens is 1. The highest BCUT2D eigenvalue weighted by Gasteiger charge is 2.46. The van der Waals surface area contributed by atoms with E-state index in [9.17, 15) is 8.42 Å². The lowest BCUT2D eigenvalue weighted by atomic mass is 10.2. The summed E-state index contributed by atoms with van der Waals surface area (Å²) in [4.78, 5) is 0. The number of rotatable bonds is 1. The van der Waals surface area contributed by atoms with Crippen LogP contribution in [0.4, 0.5) is 0 Å². The topological polar surface area (TPSA) is 55.8 Å². The van der Waals surface area contributed by atoms with Crippen LogP contribution in [0.25, 0.3) is 0 Å². The van der Waals surface area contributed by atoms with Crippen molar-refractivity contribution in [3.63, 3.8) is 0 Å². The Morgan fingerprint density at radius 2 is 1.92 bits per heavy atom. The molecule has 7 heteroatoms. The zero-order valence-corrected chi connectivity index (χ0v) is 8.47. The van der Waals surface area contributed by atoms with Crippen LogP contribution in [-0.4, -0.2) is 44.8 Å². The van der Waals surface area contributed by atoms with E-state index in [-0.39, 0.29) is 6.54 Å². The molecule has 0 amide bonds. The van der Waals surface area contributed by atoms with Crippen LogP contribution in [0.3, 0.4) is 0 Å². The molecule has 0 saturated carbocycles. The maximum absolute atomic E-state index is 11.0. The van der Waals surface area contributed by atoms with Gasteiger partial charge in [-0.3, -0.25) is 0 Å². The average molecular weight is 228 g/mol. The second-order valence-electron chi connectivity index (χ2n) is 3.13. The first-order valence-electron chi connectivity index (χ1n) is 4.00. The summed E-state index contributed by atoms with van der Waals surface area (Å²) in [5, 5.41) is 0. The molecule has 2 heterocycles. The molecule has 0 aliphatic carbocycles. The lowest BCUT2D eigenvalue weighted by molar-refractivity contribution is -0.142. The maximum atomic E-state index is 11.0. The van der Waals surface area contributed by atoms with Crippen LogP contribution in [0.1, 0.15) is 6.42 Å². The first kappa shape index (κ1) is 9.67. The fraction of sp³-hybridized carbons (Fsp3) is 1.00. The van der Waals surface area contributed by atoms with Crippen molar-refractivity contribution in [2.45, 2.75) is 12.2 Å². The van der Waals surface area contributed by atoms with Crippen LogP contribution in [0.5, 0.6) is 0 Å². The van der Waals surface area contributed by atoms with E-state index in [1.807, 2.05) is 0 Å². The van der Waals surface area contributed by atoms with Crippen LogP contribution < -0.4 is 0 Å². The van der Waals surface area contributed by atoms with Gasteiger partial charge in [0.2, 0.25) is 0 Å². The molecule has 0 unspecified atom stereocenters. The van der Waals surface area contributed by atoms with Gasteiger partial charge < -0.3 is 9.47 Å². The van der Waals surface area contributed by atoms with Gasteiger partial charge in [0.15, 0.2) is 5.79 Å². The molecule has 2 fully saturated rings. The van der Waals surface area contributed by atoms with Crippen LogP contribution in [-0.2, 0) is 18.7 Å². The second kappa shape index (κ2) is 3.06. The molecule has 2 aliphatic rings. The highest BCUT2D eigenvalue weighted by Crippen LogP contribution is 2.32. The molecule has 0 atom stereocenters. The van der Waals surface area contributed by atoms with E-state index in [1.165, 1.54) is 4.31 Å². The van der Waals surface area contributed by atoms with Crippen molar-refractivity contribution in [1.82, 2.24) is 4.31 Å². The molecule has 13 heavy (non-hydrogen) atoms. The fourth-order valence-corrected chi connectivity index (χ4v) is 2.65. The van der Waals surface area contributed by atoms with Crippen molar-refractivity contribution in [1.29, 1.82) is 0 Å². The Morgan fingerprint density at radius 1 is 1.31 bits per heavy atom. The predicted molar refractivity (Wildman–Crippen MR) is 45.6 cm³/mol. The highest BCUT2D eigenvalue weighted by molar-refractivity contribution is 8.11. The third-order valence-corrected chi connectivity index (χ3v) is 3.80. The summed E-state index contributed by atoms with van der Waals surface area (Å²) < 4.78 is 33.8. The van der Waals surface area contributed by atoms with E-state index in [2.05, 4.69) is 0 Å². The van der Waals surface area contributed by atoms with Gasteiger partial charge in [-0.2, -0.15) is 12.7 Å². The molecule has 5 nitrogen and oxygen atoms in total. The Bertz CT molecular complexity index is 298. The molecule has 76 valence electrons. The molecule has 0 aromatic carbocycles. The zero-order valence-electron chi connectivity index (χ0n) is 6.90. The van der Waals surface area contributed by atoms with E-state index in [1.54, 1.807) is 0 Å². The van der Waals surface area contributed by atoms with Crippen LogP contribution in [0.15, 0.2) is 0 Å². The van der Waals surface area contributed by atoms with Crippen LogP contribution in [0.2, 0.25) is 0 Å². The molecule has 2 aliphatic heterocycles. The molecule has 1 spiro atoms. The molecular formula is C6H10ClNO4S. The predicted octanol–water partition coefficient (Wildman–Crippen LogP) is -0.0812. The smallest absolute Gasteiger partial charge is 0.299 e. The molecule has 0 bridgehead atoms. The monoisotopic (exact) mass is 227 g/mol. The zero-order chi connectivity index (χ0) is 9.53. The molecule has 0 radical (unpaired) electrons. The minimum atomic E-state index is -3.62. The average Bonchev–Trinajstić information content (AvgIpc) is 2.60. The van der Waals surface area contributed by atoms with Gasteiger partial charge in [0.1, 0.15) is 0 Å². The molecule has 2 saturated heterocycles. The van der Waals surface area contributed by atoms with Gasteiger partial charge in [0.25, 0.3) is 9.24 Å². The lowest BCUT2D eigenvalue weighted by Crippen LogP contribution is -2.35. The molecule has 0 N–H and O–H groups in total. The van der Waals surface area contributed by atoms with Crippen molar-refractivity contribution in [2.75, 3.05) is 26.3 Å². The van der Waals surface area contributed by atoms with Gasteiger partial charge in [-0.1, -0.05) is 0 Å². The number of hydrogen-bond donors (Lipinski definition) is 0. The Hall–Kier alpha value is 0.120. The minimum Gasteiger partial charge on any atom is -0.346 e. The van der Waals surface area contributed by atoms with Crippen molar-refractivity contribution in [2.24, 2.45) is 0 Å². The molecule has 0 aromatic heterocycles. The van der Waals surface area contributed by atoms with Crippen molar-refractivity contribution < 1.29 is 17.9 Å². The first-order valence-corrected chi connectivity index (χ1v) is 6.26. The number of ether oxygens (including phenoxy) is 2. The van der Waals surface area contributed by atoms with E-state index in [4.69, 9.17) is 20.2 Å². The summed E-state index contributed by atoms with van der Waals surface area (Å²) in [5.41, 5.74) is 0. The van der Waals surface area contributed by atoms with Crippen LogP contribution in [0, 0.1) is 0 Å². The van der Waals surface area contributed by atoms with Gasteiger partial charge >= 0.3 is 0 Å². The highest BCUT2D eigenvalue weighted by atomic mass is 35.7. The molecule has 0 aromatic rings. The Kier molecular flexibility index (Phi) is 2.28. The summed E-state index contributed by atoms with van der Waals surface area (Å²) in [6.07, 6.45) is 0.555. The first-order chi connectivity index (χ1) is 6.02. The SMILES string of the molecule is O=S(=O)(Cl)N1CCC2(C1)OCCO2. The number of hydrogen-bond acceptors (Lipinski definition) is 4. The Morgan fingerprint density at radius 3 is 2.38 bits per heavy atom. The van der Waals surface area contributed by atoms with Crippen molar-refractivity contribution in [3.05, 3.63) is 0 Å².